The standard InChI is InChI=1S/C19H26N4O2.ClH/c1-12(2)11-23-19(25)15-7-5-4-6-14(15)17(22-23)18(24)21-16-10-20-9-8-13(16)3;/h4-7,12-13,16,20H,8-11H2,1-3H3,(H,21,24);1H. The zero-order valence-corrected chi connectivity index (χ0v) is 16.3. The average molecular weight is 379 g/mol. The zero-order valence-electron chi connectivity index (χ0n) is 15.5. The topological polar surface area (TPSA) is 76.0 Å². The molecule has 142 valence electrons. The highest BCUT2D eigenvalue weighted by atomic mass is 35.5. The summed E-state index contributed by atoms with van der Waals surface area (Å²) >= 11 is 0. The van der Waals surface area contributed by atoms with Crippen molar-refractivity contribution in [2.45, 2.75) is 39.8 Å². The molecule has 0 saturated carbocycles. The van der Waals surface area contributed by atoms with Gasteiger partial charge in [-0.2, -0.15) is 5.10 Å². The van der Waals surface area contributed by atoms with Gasteiger partial charge in [0.1, 0.15) is 0 Å². The van der Waals surface area contributed by atoms with Crippen LogP contribution < -0.4 is 16.2 Å². The SMILES string of the molecule is CC(C)Cn1nc(C(=O)NC2CNCCC2C)c2ccccc2c1=O.Cl. The monoisotopic (exact) mass is 378 g/mol. The van der Waals surface area contributed by atoms with E-state index in [2.05, 4.69) is 22.7 Å². The second-order valence-corrected chi connectivity index (χ2v) is 7.33. The molecule has 1 aromatic heterocycles. The summed E-state index contributed by atoms with van der Waals surface area (Å²) in [4.78, 5) is 25.5. The number of benzene rings is 1. The van der Waals surface area contributed by atoms with Crippen LogP contribution in [-0.2, 0) is 6.54 Å². The Kier molecular flexibility index (Phi) is 6.78. The van der Waals surface area contributed by atoms with E-state index in [0.29, 0.717) is 28.9 Å². The van der Waals surface area contributed by atoms with Gasteiger partial charge >= 0.3 is 0 Å². The number of nitrogens with one attached hydrogen (secondary N) is 2. The molecule has 1 aliphatic heterocycles. The highest BCUT2D eigenvalue weighted by Gasteiger charge is 2.25. The van der Waals surface area contributed by atoms with Crippen LogP contribution in [0.5, 0.6) is 0 Å². The number of amides is 1. The van der Waals surface area contributed by atoms with Crippen molar-refractivity contribution in [3.63, 3.8) is 0 Å². The van der Waals surface area contributed by atoms with Crippen LogP contribution in [0.2, 0.25) is 0 Å². The smallest absolute Gasteiger partial charge is 0.274 e. The molecule has 2 N–H and O–H groups in total. The van der Waals surface area contributed by atoms with Gasteiger partial charge < -0.3 is 10.6 Å². The number of carbonyl (C=O) groups excluding carboxylic acids is 1. The first kappa shape index (κ1) is 20.4. The van der Waals surface area contributed by atoms with Gasteiger partial charge in [0.25, 0.3) is 11.5 Å². The number of piperidine rings is 1. The molecule has 2 unspecified atom stereocenters. The van der Waals surface area contributed by atoms with E-state index in [1.165, 1.54) is 4.68 Å². The van der Waals surface area contributed by atoms with Gasteiger partial charge in [-0.15, -0.1) is 12.4 Å². The third-order valence-electron chi connectivity index (χ3n) is 4.76. The zero-order chi connectivity index (χ0) is 18.0. The third-order valence-corrected chi connectivity index (χ3v) is 4.76. The molecule has 6 nitrogen and oxygen atoms in total. The van der Waals surface area contributed by atoms with Crippen LogP contribution in [0.25, 0.3) is 10.8 Å². The second kappa shape index (κ2) is 8.64. The van der Waals surface area contributed by atoms with Gasteiger partial charge in [0, 0.05) is 24.5 Å². The van der Waals surface area contributed by atoms with Crippen LogP contribution in [0.1, 0.15) is 37.7 Å². The minimum Gasteiger partial charge on any atom is -0.346 e. The fourth-order valence-corrected chi connectivity index (χ4v) is 3.29. The van der Waals surface area contributed by atoms with Gasteiger partial charge in [0.15, 0.2) is 5.69 Å². The van der Waals surface area contributed by atoms with E-state index in [9.17, 15) is 9.59 Å². The van der Waals surface area contributed by atoms with Crippen molar-refractivity contribution >= 4 is 29.1 Å². The van der Waals surface area contributed by atoms with Crippen LogP contribution in [0.15, 0.2) is 29.1 Å². The highest BCUT2D eigenvalue weighted by molar-refractivity contribution is 6.04. The summed E-state index contributed by atoms with van der Waals surface area (Å²) in [7, 11) is 0. The summed E-state index contributed by atoms with van der Waals surface area (Å²) in [6.07, 6.45) is 1.03. The predicted octanol–water partition coefficient (Wildman–Crippen LogP) is 2.20. The fraction of sp³-hybridized carbons (Fsp3) is 0.526. The molecule has 2 atom stereocenters. The number of hydrogen-bond donors (Lipinski definition) is 2. The van der Waals surface area contributed by atoms with Gasteiger partial charge in [-0.1, -0.05) is 39.0 Å². The van der Waals surface area contributed by atoms with E-state index in [-0.39, 0.29) is 35.8 Å². The van der Waals surface area contributed by atoms with Crippen LogP contribution >= 0.6 is 12.4 Å². The van der Waals surface area contributed by atoms with Gasteiger partial charge in [0.05, 0.1) is 5.39 Å². The van der Waals surface area contributed by atoms with E-state index < -0.39 is 0 Å². The van der Waals surface area contributed by atoms with Gasteiger partial charge in [-0.25, -0.2) is 4.68 Å². The quantitative estimate of drug-likeness (QED) is 0.855. The molecular weight excluding hydrogens is 352 g/mol. The first-order chi connectivity index (χ1) is 12.0. The molecule has 0 spiro atoms. The minimum absolute atomic E-state index is 0. The van der Waals surface area contributed by atoms with Crippen molar-refractivity contribution < 1.29 is 4.79 Å². The summed E-state index contributed by atoms with van der Waals surface area (Å²) in [6, 6.07) is 7.28. The number of aromatic nitrogens is 2. The summed E-state index contributed by atoms with van der Waals surface area (Å²) < 4.78 is 1.42. The van der Waals surface area contributed by atoms with Crippen LogP contribution in [0.4, 0.5) is 0 Å². The number of halogens is 1. The van der Waals surface area contributed by atoms with E-state index in [1.54, 1.807) is 12.1 Å². The number of hydrogen-bond acceptors (Lipinski definition) is 4. The summed E-state index contributed by atoms with van der Waals surface area (Å²) in [5, 5.41) is 12.0. The Labute approximate surface area is 159 Å². The maximum absolute atomic E-state index is 12.9. The van der Waals surface area contributed by atoms with Gasteiger partial charge in [-0.3, -0.25) is 9.59 Å². The Morgan fingerprint density at radius 3 is 2.69 bits per heavy atom. The molecular formula is C19H27ClN4O2. The van der Waals surface area contributed by atoms with E-state index in [4.69, 9.17) is 0 Å². The Morgan fingerprint density at radius 2 is 2.04 bits per heavy atom. The summed E-state index contributed by atoms with van der Waals surface area (Å²) in [5.41, 5.74) is 0.183. The molecule has 3 rings (SSSR count). The minimum atomic E-state index is -0.214. The van der Waals surface area contributed by atoms with E-state index >= 15 is 0 Å². The fourth-order valence-electron chi connectivity index (χ4n) is 3.29. The van der Waals surface area contributed by atoms with Crippen molar-refractivity contribution in [2.24, 2.45) is 11.8 Å². The first-order valence-corrected chi connectivity index (χ1v) is 8.98. The number of rotatable bonds is 4. The van der Waals surface area contributed by atoms with Gasteiger partial charge in [0.2, 0.25) is 0 Å². The van der Waals surface area contributed by atoms with Crippen LogP contribution in [0, 0.1) is 11.8 Å². The van der Waals surface area contributed by atoms with E-state index in [0.717, 1.165) is 19.5 Å². The Hall–Kier alpha value is -1.92. The average Bonchev–Trinajstić information content (AvgIpc) is 2.59. The lowest BCUT2D eigenvalue weighted by Gasteiger charge is -2.30. The number of fused-ring (bicyclic) bond motifs is 1. The Balaban J connectivity index is 0.00000243. The molecule has 0 radical (unpaired) electrons. The van der Waals surface area contributed by atoms with Gasteiger partial charge in [-0.05, 0) is 30.9 Å². The summed E-state index contributed by atoms with van der Waals surface area (Å²) in [6.45, 7) is 8.43. The molecule has 1 aromatic carbocycles. The maximum atomic E-state index is 12.9. The van der Waals surface area contributed by atoms with Crippen molar-refractivity contribution in [3.05, 3.63) is 40.3 Å². The molecule has 0 bridgehead atoms. The first-order valence-electron chi connectivity index (χ1n) is 8.98. The number of carbonyl (C=O) groups is 1. The summed E-state index contributed by atoms with van der Waals surface area (Å²) in [5.74, 6) is 0.470. The van der Waals surface area contributed by atoms with E-state index in [1.807, 2.05) is 26.0 Å². The van der Waals surface area contributed by atoms with Crippen molar-refractivity contribution in [1.29, 1.82) is 0 Å². The third kappa shape index (κ3) is 4.24. The molecule has 1 fully saturated rings. The lowest BCUT2D eigenvalue weighted by Crippen LogP contribution is -2.50. The lowest BCUT2D eigenvalue weighted by molar-refractivity contribution is 0.0909. The number of nitrogens with zero attached hydrogens (tertiary/aromatic N) is 2. The van der Waals surface area contributed by atoms with Crippen molar-refractivity contribution in [3.8, 4) is 0 Å². The molecule has 2 aromatic rings. The molecule has 1 aliphatic rings. The molecule has 7 heteroatoms. The van der Waals surface area contributed by atoms with Crippen LogP contribution in [-0.4, -0.2) is 34.8 Å². The molecule has 1 amide bonds. The normalized spacial score (nSPS) is 20.0. The Morgan fingerprint density at radius 1 is 1.35 bits per heavy atom. The van der Waals surface area contributed by atoms with Crippen LogP contribution in [0.3, 0.4) is 0 Å². The Bertz CT molecular complexity index is 834. The van der Waals surface area contributed by atoms with Crippen molar-refractivity contribution in [1.82, 2.24) is 20.4 Å². The second-order valence-electron chi connectivity index (χ2n) is 7.33. The molecule has 2 heterocycles. The molecule has 1 saturated heterocycles. The lowest BCUT2D eigenvalue weighted by atomic mass is 9.94. The van der Waals surface area contributed by atoms with Crippen molar-refractivity contribution in [2.75, 3.05) is 13.1 Å². The predicted molar refractivity (Wildman–Crippen MR) is 106 cm³/mol. The molecule has 0 aliphatic carbocycles. The maximum Gasteiger partial charge on any atom is 0.274 e. The molecule has 26 heavy (non-hydrogen) atoms. The highest BCUT2D eigenvalue weighted by Crippen LogP contribution is 2.16. The largest absolute Gasteiger partial charge is 0.346 e.